The quantitative estimate of drug-likeness (QED) is 0.580. The van der Waals surface area contributed by atoms with Crippen molar-refractivity contribution in [2.75, 3.05) is 19.7 Å². The number of rotatable bonds is 0. The Morgan fingerprint density at radius 3 is 2.59 bits per heavy atom. The molecule has 0 fully saturated rings. The van der Waals surface area contributed by atoms with Gasteiger partial charge >= 0.3 is 11.9 Å². The highest BCUT2D eigenvalue weighted by Crippen LogP contribution is 2.13. The van der Waals surface area contributed by atoms with Gasteiger partial charge in [-0.05, 0) is 19.9 Å². The summed E-state index contributed by atoms with van der Waals surface area (Å²) >= 11 is 0. The van der Waals surface area contributed by atoms with Crippen molar-refractivity contribution < 1.29 is 28.7 Å². The molecule has 0 saturated heterocycles. The number of ether oxygens (including phenoxy) is 2. The maximum Gasteiger partial charge on any atom is 0.350 e. The van der Waals surface area contributed by atoms with Crippen LogP contribution in [0.4, 0.5) is 0 Å². The Balaban J connectivity index is 2.69. The monoisotopic (exact) mass is 312 g/mol. The van der Waals surface area contributed by atoms with Crippen molar-refractivity contribution in [3.05, 3.63) is 12.2 Å². The van der Waals surface area contributed by atoms with E-state index in [0.29, 0.717) is 6.42 Å². The minimum absolute atomic E-state index is 0.0501. The van der Waals surface area contributed by atoms with Crippen LogP contribution in [0, 0.1) is 0 Å². The molecule has 0 aromatic heterocycles. The molecule has 22 heavy (non-hydrogen) atoms. The summed E-state index contributed by atoms with van der Waals surface area (Å²) in [5, 5.41) is 4.84. The van der Waals surface area contributed by atoms with Gasteiger partial charge in [0.25, 0.3) is 0 Å². The third-order valence-electron chi connectivity index (χ3n) is 2.72. The number of hydrogen-bond acceptors (Lipinski definition) is 6. The van der Waals surface area contributed by atoms with Crippen molar-refractivity contribution in [2.24, 2.45) is 0 Å². The van der Waals surface area contributed by atoms with E-state index in [1.165, 1.54) is 26.0 Å². The predicted octanol–water partition coefficient (Wildman–Crippen LogP) is -0.566. The largest absolute Gasteiger partial charge is 0.462 e. The number of hydrogen-bond donors (Lipinski definition) is 2. The van der Waals surface area contributed by atoms with Gasteiger partial charge in [-0.15, -0.1) is 0 Å². The Bertz CT molecular complexity index is 484. The highest BCUT2D eigenvalue weighted by Gasteiger charge is 2.33. The molecule has 122 valence electrons. The van der Waals surface area contributed by atoms with E-state index in [9.17, 15) is 19.2 Å². The van der Waals surface area contributed by atoms with Crippen LogP contribution in [0.5, 0.6) is 0 Å². The number of nitrogens with one attached hydrogen (secondary N) is 2. The van der Waals surface area contributed by atoms with Crippen molar-refractivity contribution in [1.29, 1.82) is 0 Å². The first-order chi connectivity index (χ1) is 10.3. The molecule has 1 heterocycles. The summed E-state index contributed by atoms with van der Waals surface area (Å²) in [4.78, 5) is 46.3. The van der Waals surface area contributed by atoms with E-state index < -0.39 is 29.4 Å². The zero-order valence-corrected chi connectivity index (χ0v) is 12.6. The van der Waals surface area contributed by atoms with Gasteiger partial charge in [0.1, 0.15) is 0 Å². The average molecular weight is 312 g/mol. The van der Waals surface area contributed by atoms with Gasteiger partial charge in [0.05, 0.1) is 19.6 Å². The second-order valence-electron chi connectivity index (χ2n) is 5.13. The molecule has 0 spiro atoms. The van der Waals surface area contributed by atoms with Gasteiger partial charge in [-0.2, -0.15) is 0 Å². The number of carbonyl (C=O) groups is 4. The number of cyclic esters (lactones) is 2. The summed E-state index contributed by atoms with van der Waals surface area (Å²) in [7, 11) is 0. The van der Waals surface area contributed by atoms with Gasteiger partial charge in [-0.1, -0.05) is 6.08 Å². The summed E-state index contributed by atoms with van der Waals surface area (Å²) in [5.41, 5.74) is -1.40. The Morgan fingerprint density at radius 2 is 1.86 bits per heavy atom. The van der Waals surface area contributed by atoms with Crippen LogP contribution in [0.25, 0.3) is 0 Å². The van der Waals surface area contributed by atoms with Crippen molar-refractivity contribution in [1.82, 2.24) is 10.6 Å². The van der Waals surface area contributed by atoms with E-state index in [2.05, 4.69) is 10.6 Å². The molecule has 0 aromatic rings. The summed E-state index contributed by atoms with van der Waals surface area (Å²) in [6.45, 7) is 2.79. The smallest absolute Gasteiger partial charge is 0.350 e. The standard InChI is InChI=1S/C14H20N2O6/c1-14(2)13(20)21-8-4-3-5-10(17)16-9-11(18)15-7-6-12(19)22-14/h3,5H,4,6-9H2,1-2H3,(H,15,18)(H,16,17). The molecule has 8 heteroatoms. The van der Waals surface area contributed by atoms with Crippen molar-refractivity contribution in [3.63, 3.8) is 0 Å². The third-order valence-corrected chi connectivity index (χ3v) is 2.72. The normalized spacial score (nSPS) is 21.4. The van der Waals surface area contributed by atoms with Gasteiger partial charge in [0.15, 0.2) is 0 Å². The van der Waals surface area contributed by atoms with Crippen LogP contribution in [0.2, 0.25) is 0 Å². The van der Waals surface area contributed by atoms with Crippen molar-refractivity contribution in [3.8, 4) is 0 Å². The summed E-state index contributed by atoms with van der Waals surface area (Å²) < 4.78 is 10.0. The molecular formula is C14H20N2O6. The SMILES string of the molecule is CC1(C)OC(=O)CCNC(=O)CNC(=O)C=CCCOC1=O. The molecule has 1 rings (SSSR count). The first kappa shape index (κ1) is 17.7. The van der Waals surface area contributed by atoms with Crippen molar-refractivity contribution >= 4 is 23.8 Å². The zero-order valence-electron chi connectivity index (χ0n) is 12.6. The average Bonchev–Trinajstić information content (AvgIpc) is 2.43. The second kappa shape index (κ2) is 8.16. The summed E-state index contributed by atoms with van der Waals surface area (Å²) in [5.74, 6) is -2.14. The molecule has 0 aliphatic carbocycles. The molecule has 2 N–H and O–H groups in total. The maximum absolute atomic E-state index is 11.8. The van der Waals surface area contributed by atoms with Crippen molar-refractivity contribution in [2.45, 2.75) is 32.3 Å². The van der Waals surface area contributed by atoms with Crippen LogP contribution < -0.4 is 10.6 Å². The number of amides is 2. The van der Waals surface area contributed by atoms with Gasteiger partial charge in [0, 0.05) is 13.0 Å². The minimum atomic E-state index is -1.40. The Hall–Kier alpha value is -2.38. The molecule has 1 aliphatic rings. The molecule has 0 unspecified atom stereocenters. The van der Waals surface area contributed by atoms with Crippen LogP contribution in [-0.4, -0.2) is 49.1 Å². The number of esters is 2. The first-order valence-electron chi connectivity index (χ1n) is 6.91. The molecule has 2 amide bonds. The lowest BCUT2D eigenvalue weighted by Gasteiger charge is -2.23. The fourth-order valence-electron chi connectivity index (χ4n) is 1.55. The molecule has 0 radical (unpaired) electrons. The number of carbonyl (C=O) groups excluding carboxylic acids is 4. The van der Waals surface area contributed by atoms with Gasteiger partial charge in [0.2, 0.25) is 17.4 Å². The fraction of sp³-hybridized carbons (Fsp3) is 0.571. The van der Waals surface area contributed by atoms with Gasteiger partial charge < -0.3 is 20.1 Å². The lowest BCUT2D eigenvalue weighted by molar-refractivity contribution is -0.178. The highest BCUT2D eigenvalue weighted by molar-refractivity contribution is 5.91. The van der Waals surface area contributed by atoms with Gasteiger partial charge in [-0.3, -0.25) is 14.4 Å². The zero-order chi connectivity index (χ0) is 16.6. The molecule has 0 saturated carbocycles. The Labute approximate surface area is 128 Å². The summed E-state index contributed by atoms with van der Waals surface area (Å²) in [6.07, 6.45) is 3.02. The van der Waals surface area contributed by atoms with Gasteiger partial charge in [-0.25, -0.2) is 4.79 Å². The molecule has 0 bridgehead atoms. The van der Waals surface area contributed by atoms with E-state index >= 15 is 0 Å². The topological polar surface area (TPSA) is 111 Å². The summed E-state index contributed by atoms with van der Waals surface area (Å²) in [6, 6.07) is 0. The van der Waals surface area contributed by atoms with Crippen LogP contribution in [0.1, 0.15) is 26.7 Å². The molecule has 1 aliphatic heterocycles. The first-order valence-corrected chi connectivity index (χ1v) is 6.91. The second-order valence-corrected chi connectivity index (χ2v) is 5.13. The predicted molar refractivity (Wildman–Crippen MR) is 75.5 cm³/mol. The third kappa shape index (κ3) is 6.38. The molecule has 0 aromatic carbocycles. The van der Waals surface area contributed by atoms with E-state index in [1.807, 2.05) is 0 Å². The fourth-order valence-corrected chi connectivity index (χ4v) is 1.55. The molecule has 8 nitrogen and oxygen atoms in total. The van der Waals surface area contributed by atoms with E-state index in [4.69, 9.17) is 9.47 Å². The minimum Gasteiger partial charge on any atom is -0.462 e. The highest BCUT2D eigenvalue weighted by atomic mass is 16.6. The Morgan fingerprint density at radius 1 is 1.14 bits per heavy atom. The Kier molecular flexibility index (Phi) is 6.55. The van der Waals surface area contributed by atoms with E-state index in [-0.39, 0.29) is 26.1 Å². The van der Waals surface area contributed by atoms with E-state index in [1.54, 1.807) is 0 Å². The van der Waals surface area contributed by atoms with Crippen LogP contribution in [0.3, 0.4) is 0 Å². The molecule has 0 atom stereocenters. The lowest BCUT2D eigenvalue weighted by atomic mass is 10.1. The maximum atomic E-state index is 11.8. The molecular weight excluding hydrogens is 292 g/mol. The van der Waals surface area contributed by atoms with E-state index in [0.717, 1.165) is 0 Å². The van der Waals surface area contributed by atoms with Crippen LogP contribution >= 0.6 is 0 Å². The van der Waals surface area contributed by atoms with Crippen LogP contribution in [0.15, 0.2) is 12.2 Å². The van der Waals surface area contributed by atoms with Crippen LogP contribution in [-0.2, 0) is 28.7 Å². The lowest BCUT2D eigenvalue weighted by Crippen LogP contribution is -2.40.